The van der Waals surface area contributed by atoms with Gasteiger partial charge in [0.1, 0.15) is 0 Å². The van der Waals surface area contributed by atoms with Crippen molar-refractivity contribution in [3.05, 3.63) is 71.4 Å². The Bertz CT molecular complexity index is 860. The van der Waals surface area contributed by atoms with Crippen LogP contribution in [0.15, 0.2) is 60.9 Å². The fraction of sp³-hybridized carbons (Fsp3) is 0.0588. The quantitative estimate of drug-likeness (QED) is 0.717. The molecule has 0 radical (unpaired) electrons. The van der Waals surface area contributed by atoms with E-state index in [0.29, 0.717) is 21.0 Å². The Morgan fingerprint density at radius 1 is 1.04 bits per heavy atom. The summed E-state index contributed by atoms with van der Waals surface area (Å²) < 4.78 is 38.4. The van der Waals surface area contributed by atoms with Crippen molar-refractivity contribution in [2.24, 2.45) is 0 Å². The van der Waals surface area contributed by atoms with Crippen LogP contribution in [0.1, 0.15) is 15.2 Å². The molecule has 7 heteroatoms. The smallest absolute Gasteiger partial charge is 0.321 e. The highest BCUT2D eigenvalue weighted by Crippen LogP contribution is 2.34. The lowest BCUT2D eigenvalue weighted by Crippen LogP contribution is -2.09. The molecule has 1 aromatic carbocycles. The summed E-state index contributed by atoms with van der Waals surface area (Å²) in [5, 5.41) is 2.71. The van der Waals surface area contributed by atoms with Crippen LogP contribution >= 0.6 is 11.3 Å². The molecule has 0 bridgehead atoms. The number of nitrogens with zero attached hydrogens (tertiary/aromatic N) is 1. The van der Waals surface area contributed by atoms with Crippen molar-refractivity contribution in [1.29, 1.82) is 0 Å². The number of hydrogen-bond acceptors (Lipinski definition) is 3. The van der Waals surface area contributed by atoms with E-state index in [-0.39, 0.29) is 5.91 Å². The van der Waals surface area contributed by atoms with Crippen molar-refractivity contribution in [3.8, 4) is 10.4 Å². The van der Waals surface area contributed by atoms with E-state index < -0.39 is 11.7 Å². The van der Waals surface area contributed by atoms with E-state index in [4.69, 9.17) is 0 Å². The second-order valence-electron chi connectivity index (χ2n) is 4.93. The minimum atomic E-state index is -4.39. The van der Waals surface area contributed by atoms with Gasteiger partial charge in [-0.25, -0.2) is 0 Å². The lowest BCUT2D eigenvalue weighted by Gasteiger charge is -2.07. The van der Waals surface area contributed by atoms with Crippen LogP contribution in [0.2, 0.25) is 0 Å². The molecule has 0 unspecified atom stereocenters. The van der Waals surface area contributed by atoms with Gasteiger partial charge >= 0.3 is 6.18 Å². The Labute approximate surface area is 139 Å². The van der Waals surface area contributed by atoms with Gasteiger partial charge in [-0.2, -0.15) is 13.2 Å². The molecular weight excluding hydrogens is 337 g/mol. The molecule has 0 saturated carbocycles. The van der Waals surface area contributed by atoms with Crippen molar-refractivity contribution in [2.75, 3.05) is 5.32 Å². The Morgan fingerprint density at radius 3 is 2.50 bits per heavy atom. The van der Waals surface area contributed by atoms with E-state index in [2.05, 4.69) is 10.3 Å². The first-order chi connectivity index (χ1) is 11.4. The number of thiophene rings is 1. The Kier molecular flexibility index (Phi) is 4.35. The van der Waals surface area contributed by atoms with E-state index in [1.165, 1.54) is 6.07 Å². The first-order valence-electron chi connectivity index (χ1n) is 6.92. The molecule has 0 aliphatic carbocycles. The lowest BCUT2D eigenvalue weighted by molar-refractivity contribution is -0.137. The van der Waals surface area contributed by atoms with Crippen molar-refractivity contribution in [3.63, 3.8) is 0 Å². The third-order valence-electron chi connectivity index (χ3n) is 3.24. The molecular formula is C17H11F3N2OS. The Hall–Kier alpha value is -2.67. The van der Waals surface area contributed by atoms with Crippen LogP contribution in [-0.4, -0.2) is 10.9 Å². The van der Waals surface area contributed by atoms with Crippen LogP contribution in [0.25, 0.3) is 10.4 Å². The summed E-state index contributed by atoms with van der Waals surface area (Å²) in [6.07, 6.45) is -1.29. The summed E-state index contributed by atoms with van der Waals surface area (Å²) in [5.41, 5.74) is 0.318. The van der Waals surface area contributed by atoms with E-state index in [9.17, 15) is 18.0 Å². The number of amides is 1. The van der Waals surface area contributed by atoms with Gasteiger partial charge in [-0.1, -0.05) is 12.1 Å². The highest BCUT2D eigenvalue weighted by molar-refractivity contribution is 7.17. The summed E-state index contributed by atoms with van der Waals surface area (Å²) in [6.45, 7) is 0. The molecule has 3 aromatic rings. The number of halogens is 3. The molecule has 0 aliphatic rings. The lowest BCUT2D eigenvalue weighted by atomic mass is 10.1. The fourth-order valence-electron chi connectivity index (χ4n) is 2.09. The Morgan fingerprint density at radius 2 is 1.79 bits per heavy atom. The van der Waals surface area contributed by atoms with Crippen molar-refractivity contribution in [2.45, 2.75) is 6.18 Å². The number of benzene rings is 1. The number of hydrogen-bond donors (Lipinski definition) is 1. The maximum atomic E-state index is 12.8. The minimum absolute atomic E-state index is 0.315. The predicted octanol–water partition coefficient (Wildman–Crippen LogP) is 5.08. The number of aromatic nitrogens is 1. The molecule has 24 heavy (non-hydrogen) atoms. The van der Waals surface area contributed by atoms with Crippen LogP contribution < -0.4 is 5.32 Å². The van der Waals surface area contributed by atoms with Gasteiger partial charge in [0.15, 0.2) is 0 Å². The van der Waals surface area contributed by atoms with Crippen LogP contribution in [-0.2, 0) is 6.18 Å². The monoisotopic (exact) mass is 348 g/mol. The molecule has 2 heterocycles. The average Bonchev–Trinajstić information content (AvgIpc) is 3.05. The second kappa shape index (κ2) is 6.45. The number of carbonyl (C=O) groups excluding carboxylic acids is 1. The zero-order valence-electron chi connectivity index (χ0n) is 12.2. The number of pyridine rings is 1. The number of alkyl halides is 3. The zero-order valence-corrected chi connectivity index (χ0v) is 13.0. The normalized spacial score (nSPS) is 11.3. The Balaban J connectivity index is 1.82. The van der Waals surface area contributed by atoms with Gasteiger partial charge in [0.05, 0.1) is 10.4 Å². The largest absolute Gasteiger partial charge is 0.416 e. The van der Waals surface area contributed by atoms with Gasteiger partial charge in [-0.15, -0.1) is 11.3 Å². The molecule has 122 valence electrons. The van der Waals surface area contributed by atoms with Crippen molar-refractivity contribution >= 4 is 22.9 Å². The van der Waals surface area contributed by atoms with Gasteiger partial charge in [0, 0.05) is 23.0 Å². The molecule has 1 amide bonds. The third kappa shape index (κ3) is 3.62. The number of nitrogens with one attached hydrogen (secondary N) is 1. The van der Waals surface area contributed by atoms with Crippen LogP contribution in [0.4, 0.5) is 18.9 Å². The van der Waals surface area contributed by atoms with E-state index >= 15 is 0 Å². The first-order valence-corrected chi connectivity index (χ1v) is 7.74. The van der Waals surface area contributed by atoms with Gasteiger partial charge in [0.25, 0.3) is 5.91 Å². The van der Waals surface area contributed by atoms with E-state index in [0.717, 1.165) is 23.5 Å². The summed E-state index contributed by atoms with van der Waals surface area (Å²) in [5.74, 6) is -0.315. The second-order valence-corrected chi connectivity index (χ2v) is 6.02. The molecule has 2 aromatic heterocycles. The van der Waals surface area contributed by atoms with Gasteiger partial charge in [-0.05, 0) is 42.0 Å². The van der Waals surface area contributed by atoms with Crippen molar-refractivity contribution in [1.82, 2.24) is 4.98 Å². The highest BCUT2D eigenvalue weighted by atomic mass is 32.1. The average molecular weight is 348 g/mol. The summed E-state index contributed by atoms with van der Waals surface area (Å²) in [4.78, 5) is 17.1. The standard InChI is InChI=1S/C17H11F3N2OS/c18-17(19,20)12-3-1-2-11(10-12)14-4-5-15(24-14)16(23)22-13-6-8-21-9-7-13/h1-10H,(H,21,22,23). The SMILES string of the molecule is O=C(Nc1ccncc1)c1ccc(-c2cccc(C(F)(F)F)c2)s1. The van der Waals surface area contributed by atoms with E-state index in [1.807, 2.05) is 0 Å². The molecule has 0 aliphatic heterocycles. The topological polar surface area (TPSA) is 42.0 Å². The minimum Gasteiger partial charge on any atom is -0.321 e. The summed E-state index contributed by atoms with van der Waals surface area (Å²) in [6, 6.07) is 11.6. The van der Waals surface area contributed by atoms with Crippen LogP contribution in [0.3, 0.4) is 0 Å². The predicted molar refractivity (Wildman–Crippen MR) is 86.9 cm³/mol. The van der Waals surface area contributed by atoms with Crippen molar-refractivity contribution < 1.29 is 18.0 Å². The molecule has 0 atom stereocenters. The number of rotatable bonds is 3. The third-order valence-corrected chi connectivity index (χ3v) is 4.38. The summed E-state index contributed by atoms with van der Waals surface area (Å²) in [7, 11) is 0. The van der Waals surface area contributed by atoms with Gasteiger partial charge < -0.3 is 5.32 Å². The molecule has 1 N–H and O–H groups in total. The number of anilines is 1. The highest BCUT2D eigenvalue weighted by Gasteiger charge is 2.30. The van der Waals surface area contributed by atoms with Gasteiger partial charge in [0.2, 0.25) is 0 Å². The zero-order chi connectivity index (χ0) is 17.2. The molecule has 3 rings (SSSR count). The maximum Gasteiger partial charge on any atom is 0.416 e. The molecule has 3 nitrogen and oxygen atoms in total. The number of carbonyl (C=O) groups is 1. The van der Waals surface area contributed by atoms with Crippen LogP contribution in [0.5, 0.6) is 0 Å². The maximum absolute atomic E-state index is 12.8. The fourth-order valence-corrected chi connectivity index (χ4v) is 2.99. The molecule has 0 fully saturated rings. The van der Waals surface area contributed by atoms with Gasteiger partial charge in [-0.3, -0.25) is 9.78 Å². The molecule has 0 saturated heterocycles. The molecule has 0 spiro atoms. The van der Waals surface area contributed by atoms with E-state index in [1.54, 1.807) is 42.7 Å². The first kappa shape index (κ1) is 16.2. The van der Waals surface area contributed by atoms with Crippen LogP contribution in [0, 0.1) is 0 Å². The summed E-state index contributed by atoms with van der Waals surface area (Å²) >= 11 is 1.14.